The number of methoxy groups -OCH3 is 2. The predicted molar refractivity (Wildman–Crippen MR) is 177 cm³/mol. The van der Waals surface area contributed by atoms with Crippen molar-refractivity contribution in [2.24, 2.45) is 0 Å². The number of carbonyl (C=O) groups is 1. The number of rotatable bonds is 22. The standard InChI is InChI=1S/C32H42N3O11PSi/c1-38-29-15-11-27(12-16-29)32(26-9-7-6-8-10-26,28-13-17-30(39-2)18-14-28)43-21-22-45-47(37,44-20-19-33)46-23-31(36)35-24-34-25-48(40-3,41-4)42-5/h6-18,34H,20-25H2,1-5H3,(H,35,36). The van der Waals surface area contributed by atoms with E-state index in [0.29, 0.717) is 11.5 Å². The molecule has 0 aromatic heterocycles. The van der Waals surface area contributed by atoms with Gasteiger partial charge >= 0.3 is 16.6 Å². The van der Waals surface area contributed by atoms with Gasteiger partial charge in [0.1, 0.15) is 30.3 Å². The van der Waals surface area contributed by atoms with Gasteiger partial charge in [0.25, 0.3) is 0 Å². The monoisotopic (exact) mass is 703 g/mol. The van der Waals surface area contributed by atoms with Crippen molar-refractivity contribution < 1.29 is 50.4 Å². The second kappa shape index (κ2) is 19.4. The van der Waals surface area contributed by atoms with Gasteiger partial charge < -0.3 is 32.8 Å². The van der Waals surface area contributed by atoms with E-state index in [9.17, 15) is 9.36 Å². The highest BCUT2D eigenvalue weighted by molar-refractivity contribution is 7.48. The van der Waals surface area contributed by atoms with E-state index in [1.807, 2.05) is 78.9 Å². The van der Waals surface area contributed by atoms with E-state index in [1.54, 1.807) is 20.3 Å². The molecule has 0 bridgehead atoms. The Kier molecular flexibility index (Phi) is 15.7. The van der Waals surface area contributed by atoms with E-state index in [0.717, 1.165) is 16.7 Å². The fourth-order valence-corrected chi connectivity index (χ4v) is 7.05. The highest BCUT2D eigenvalue weighted by Crippen LogP contribution is 2.49. The molecule has 2 N–H and O–H groups in total. The van der Waals surface area contributed by atoms with Gasteiger partial charge in [0.2, 0.25) is 5.91 Å². The molecule has 14 nitrogen and oxygen atoms in total. The number of hydrogen-bond acceptors (Lipinski definition) is 13. The van der Waals surface area contributed by atoms with Crippen molar-refractivity contribution >= 4 is 22.5 Å². The molecule has 3 rings (SSSR count). The van der Waals surface area contributed by atoms with Crippen LogP contribution >= 0.6 is 7.82 Å². The van der Waals surface area contributed by atoms with Gasteiger partial charge in [-0.2, -0.15) is 5.26 Å². The fraction of sp³-hybridized carbons (Fsp3) is 0.375. The second-order valence-corrected chi connectivity index (χ2v) is 14.5. The average Bonchev–Trinajstić information content (AvgIpc) is 3.14. The van der Waals surface area contributed by atoms with E-state index in [2.05, 4.69) is 10.6 Å². The summed E-state index contributed by atoms with van der Waals surface area (Å²) < 4.78 is 62.7. The molecule has 0 aliphatic heterocycles. The first kappa shape index (κ1) is 38.8. The maximum atomic E-state index is 13.4. The van der Waals surface area contributed by atoms with Gasteiger partial charge in [-0.05, 0) is 41.0 Å². The molecule has 0 saturated heterocycles. The molecule has 1 unspecified atom stereocenters. The Labute approximate surface area is 282 Å². The molecule has 0 aliphatic carbocycles. The van der Waals surface area contributed by atoms with Crippen molar-refractivity contribution in [1.29, 1.82) is 5.26 Å². The van der Waals surface area contributed by atoms with Gasteiger partial charge in [-0.1, -0.05) is 54.6 Å². The molecule has 3 aromatic rings. The van der Waals surface area contributed by atoms with Crippen molar-refractivity contribution in [3.8, 4) is 17.6 Å². The van der Waals surface area contributed by atoms with Gasteiger partial charge in [-0.25, -0.2) is 4.57 Å². The molecule has 0 saturated carbocycles. The lowest BCUT2D eigenvalue weighted by molar-refractivity contribution is -0.123. The molecule has 0 fully saturated rings. The average molecular weight is 704 g/mol. The Morgan fingerprint density at radius 1 is 0.771 bits per heavy atom. The smallest absolute Gasteiger partial charge is 0.497 e. The molecular weight excluding hydrogens is 661 g/mol. The van der Waals surface area contributed by atoms with Crippen molar-refractivity contribution in [2.45, 2.75) is 5.60 Å². The molecule has 3 aromatic carbocycles. The molecule has 0 spiro atoms. The van der Waals surface area contributed by atoms with Crippen LogP contribution in [0.4, 0.5) is 0 Å². The van der Waals surface area contributed by atoms with Crippen molar-refractivity contribution in [3.63, 3.8) is 0 Å². The summed E-state index contributed by atoms with van der Waals surface area (Å²) >= 11 is 0. The minimum atomic E-state index is -4.36. The lowest BCUT2D eigenvalue weighted by Gasteiger charge is -2.36. The van der Waals surface area contributed by atoms with Gasteiger partial charge in [-0.15, -0.1) is 0 Å². The third-order valence-corrected chi connectivity index (χ3v) is 11.1. The number of nitrogens with zero attached hydrogens (tertiary/aromatic N) is 1. The minimum absolute atomic E-state index is 0.0172. The Bertz CT molecular complexity index is 1430. The zero-order chi connectivity index (χ0) is 34.9. The molecule has 0 heterocycles. The Hall–Kier alpha value is -3.65. The van der Waals surface area contributed by atoms with Crippen LogP contribution in [0.2, 0.25) is 0 Å². The van der Waals surface area contributed by atoms with E-state index in [-0.39, 0.29) is 26.1 Å². The fourth-order valence-electron chi connectivity index (χ4n) is 4.67. The first-order valence-electron chi connectivity index (χ1n) is 14.8. The van der Waals surface area contributed by atoms with E-state index < -0.39 is 41.3 Å². The highest BCUT2D eigenvalue weighted by Gasteiger charge is 2.39. The van der Waals surface area contributed by atoms with Crippen LogP contribution in [0.15, 0.2) is 78.9 Å². The van der Waals surface area contributed by atoms with Gasteiger partial charge in [0.15, 0.2) is 0 Å². The summed E-state index contributed by atoms with van der Waals surface area (Å²) in [6, 6.07) is 26.2. The summed E-state index contributed by atoms with van der Waals surface area (Å²) in [4.78, 5) is 12.4. The topological polar surface area (TPSA) is 165 Å². The normalized spacial score (nSPS) is 12.9. The molecule has 1 atom stereocenters. The van der Waals surface area contributed by atoms with Gasteiger partial charge in [0, 0.05) is 21.3 Å². The summed E-state index contributed by atoms with van der Waals surface area (Å²) in [5.74, 6) is 0.715. The zero-order valence-electron chi connectivity index (χ0n) is 27.6. The first-order chi connectivity index (χ1) is 23.2. The molecule has 0 aliphatic rings. The number of hydrogen-bond donors (Lipinski definition) is 2. The lowest BCUT2D eigenvalue weighted by atomic mass is 9.80. The Morgan fingerprint density at radius 3 is 1.81 bits per heavy atom. The Balaban J connectivity index is 1.75. The summed E-state index contributed by atoms with van der Waals surface area (Å²) in [5, 5.41) is 14.5. The number of nitrogens with one attached hydrogen (secondary N) is 2. The van der Waals surface area contributed by atoms with Crippen molar-refractivity contribution in [2.75, 3.05) is 74.8 Å². The largest absolute Gasteiger partial charge is 0.514 e. The molecule has 260 valence electrons. The van der Waals surface area contributed by atoms with Crippen LogP contribution in [0.25, 0.3) is 0 Å². The zero-order valence-corrected chi connectivity index (χ0v) is 29.5. The summed E-state index contributed by atoms with van der Waals surface area (Å²) in [5.41, 5.74) is 1.23. The number of benzene rings is 3. The van der Waals surface area contributed by atoms with Gasteiger partial charge in [0.05, 0.1) is 46.3 Å². The molecule has 16 heteroatoms. The van der Waals surface area contributed by atoms with Crippen LogP contribution in [0, 0.1) is 11.3 Å². The van der Waals surface area contributed by atoms with Gasteiger partial charge in [-0.3, -0.25) is 23.7 Å². The Morgan fingerprint density at radius 2 is 1.31 bits per heavy atom. The third kappa shape index (κ3) is 10.4. The number of phosphoric ester groups is 1. The number of ether oxygens (including phenoxy) is 3. The quantitative estimate of drug-likeness (QED) is 0.0511. The predicted octanol–water partition coefficient (Wildman–Crippen LogP) is 3.77. The van der Waals surface area contributed by atoms with Crippen LogP contribution in [0.3, 0.4) is 0 Å². The summed E-state index contributed by atoms with van der Waals surface area (Å²) in [6.07, 6.45) is 0.224. The maximum absolute atomic E-state index is 13.4. The van der Waals surface area contributed by atoms with E-state index >= 15 is 0 Å². The third-order valence-electron chi connectivity index (χ3n) is 7.15. The minimum Gasteiger partial charge on any atom is -0.497 e. The highest BCUT2D eigenvalue weighted by atomic mass is 31.2. The molecule has 1 amide bonds. The second-order valence-electron chi connectivity index (χ2n) is 9.84. The van der Waals surface area contributed by atoms with Crippen LogP contribution in [0.1, 0.15) is 16.7 Å². The maximum Gasteiger partial charge on any atom is 0.514 e. The van der Waals surface area contributed by atoms with Crippen LogP contribution in [0.5, 0.6) is 11.5 Å². The van der Waals surface area contributed by atoms with Crippen LogP contribution < -0.4 is 20.1 Å². The number of amides is 1. The summed E-state index contributed by atoms with van der Waals surface area (Å²) in [7, 11) is 0.332. The number of carbonyl (C=O) groups excluding carboxylic acids is 1. The van der Waals surface area contributed by atoms with Crippen LogP contribution in [-0.2, 0) is 46.5 Å². The molecule has 0 radical (unpaired) electrons. The number of phosphoric acid groups is 1. The number of nitriles is 1. The molecule has 48 heavy (non-hydrogen) atoms. The SMILES string of the molecule is COc1ccc(C(OCCOP(=O)(OCC#N)OCC(=O)NCNC[Si](OC)(OC)OC)(c2ccccc2)c2ccc(OC)cc2)cc1. The van der Waals surface area contributed by atoms with Crippen LogP contribution in [-0.4, -0.2) is 89.5 Å². The first-order valence-corrected chi connectivity index (χ1v) is 18.1. The van der Waals surface area contributed by atoms with Crippen molar-refractivity contribution in [1.82, 2.24) is 10.6 Å². The summed E-state index contributed by atoms with van der Waals surface area (Å²) in [6.45, 7) is -1.62. The van der Waals surface area contributed by atoms with E-state index in [1.165, 1.54) is 21.3 Å². The van der Waals surface area contributed by atoms with Crippen molar-refractivity contribution in [3.05, 3.63) is 95.6 Å². The van der Waals surface area contributed by atoms with E-state index in [4.69, 9.17) is 46.3 Å². The molecular formula is C32H42N3O11PSi. The lowest BCUT2D eigenvalue weighted by Crippen LogP contribution is -2.54.